The third-order valence-corrected chi connectivity index (χ3v) is 3.44. The van der Waals surface area contributed by atoms with E-state index in [0.29, 0.717) is 12.0 Å². The molecule has 1 aliphatic carbocycles. The quantitative estimate of drug-likeness (QED) is 0.775. The predicted octanol–water partition coefficient (Wildman–Crippen LogP) is 3.18. The van der Waals surface area contributed by atoms with Crippen LogP contribution in [0, 0.1) is 5.92 Å². The van der Waals surface area contributed by atoms with Gasteiger partial charge in [-0.2, -0.15) is 0 Å². The van der Waals surface area contributed by atoms with Crippen LogP contribution in [-0.4, -0.2) is 12.6 Å². The molecule has 2 unspecified atom stereocenters. The summed E-state index contributed by atoms with van der Waals surface area (Å²) in [5.74, 6) is 1.57. The maximum absolute atomic E-state index is 3.64. The van der Waals surface area contributed by atoms with Gasteiger partial charge >= 0.3 is 0 Å². The van der Waals surface area contributed by atoms with E-state index >= 15 is 0 Å². The third kappa shape index (κ3) is 3.07. The van der Waals surface area contributed by atoms with E-state index in [-0.39, 0.29) is 0 Å². The molecule has 1 aliphatic rings. The number of hydrogen-bond donors (Lipinski definition) is 1. The van der Waals surface area contributed by atoms with Crippen molar-refractivity contribution in [3.8, 4) is 0 Å². The summed E-state index contributed by atoms with van der Waals surface area (Å²) >= 11 is 0. The van der Waals surface area contributed by atoms with Crippen molar-refractivity contribution in [3.05, 3.63) is 35.9 Å². The van der Waals surface area contributed by atoms with E-state index in [9.17, 15) is 0 Å². The Morgan fingerprint density at radius 3 is 2.47 bits per heavy atom. The summed E-state index contributed by atoms with van der Waals surface area (Å²) < 4.78 is 0. The molecule has 0 radical (unpaired) electrons. The molecule has 0 bridgehead atoms. The summed E-state index contributed by atoms with van der Waals surface area (Å²) in [6.45, 7) is 5.71. The highest BCUT2D eigenvalue weighted by atomic mass is 14.9. The molecule has 82 valence electrons. The fourth-order valence-electron chi connectivity index (χ4n) is 2.02. The molecule has 2 atom stereocenters. The maximum atomic E-state index is 3.64. The van der Waals surface area contributed by atoms with Crippen LogP contribution in [0.4, 0.5) is 0 Å². The Labute approximate surface area is 92.9 Å². The normalized spacial score (nSPS) is 19.9. The summed E-state index contributed by atoms with van der Waals surface area (Å²) in [6.07, 6.45) is 2.85. The lowest BCUT2D eigenvalue weighted by Gasteiger charge is -2.17. The van der Waals surface area contributed by atoms with Crippen LogP contribution in [-0.2, 0) is 0 Å². The maximum Gasteiger partial charge on any atom is 0.00672 e. The van der Waals surface area contributed by atoms with Crippen LogP contribution in [0.15, 0.2) is 30.3 Å². The Hall–Kier alpha value is -0.820. The zero-order valence-electron chi connectivity index (χ0n) is 9.74. The first kappa shape index (κ1) is 10.7. The second-order valence-corrected chi connectivity index (χ2v) is 4.85. The van der Waals surface area contributed by atoms with Gasteiger partial charge in [0.05, 0.1) is 0 Å². The van der Waals surface area contributed by atoms with Crippen LogP contribution in [0.5, 0.6) is 0 Å². The van der Waals surface area contributed by atoms with Gasteiger partial charge in [-0.3, -0.25) is 0 Å². The van der Waals surface area contributed by atoms with Crippen molar-refractivity contribution in [3.63, 3.8) is 0 Å². The van der Waals surface area contributed by atoms with Gasteiger partial charge in [0.2, 0.25) is 0 Å². The summed E-state index contributed by atoms with van der Waals surface area (Å²) in [7, 11) is 0. The number of nitrogens with one attached hydrogen (secondary N) is 1. The van der Waals surface area contributed by atoms with Gasteiger partial charge in [-0.1, -0.05) is 37.3 Å². The van der Waals surface area contributed by atoms with Crippen molar-refractivity contribution >= 4 is 0 Å². The Kier molecular flexibility index (Phi) is 3.42. The lowest BCUT2D eigenvalue weighted by Crippen LogP contribution is -2.31. The Bertz CT molecular complexity index is 289. The summed E-state index contributed by atoms with van der Waals surface area (Å²) in [6, 6.07) is 11.5. The van der Waals surface area contributed by atoms with Gasteiger partial charge in [-0.15, -0.1) is 0 Å². The lowest BCUT2D eigenvalue weighted by atomic mass is 10.0. The molecule has 0 amide bonds. The molecule has 1 aromatic carbocycles. The Morgan fingerprint density at radius 2 is 1.87 bits per heavy atom. The monoisotopic (exact) mass is 203 g/mol. The first-order valence-corrected chi connectivity index (χ1v) is 6.05. The molecular formula is C14H21N. The smallest absolute Gasteiger partial charge is 0.00672 e. The van der Waals surface area contributed by atoms with Crippen LogP contribution >= 0.6 is 0 Å². The minimum atomic E-state index is 0.618. The first-order chi connectivity index (χ1) is 7.27. The number of rotatable bonds is 5. The van der Waals surface area contributed by atoms with Crippen molar-refractivity contribution in [2.45, 2.75) is 38.6 Å². The van der Waals surface area contributed by atoms with E-state index in [0.717, 1.165) is 12.5 Å². The van der Waals surface area contributed by atoms with E-state index in [1.165, 1.54) is 18.4 Å². The Morgan fingerprint density at radius 1 is 1.20 bits per heavy atom. The minimum Gasteiger partial charge on any atom is -0.313 e. The van der Waals surface area contributed by atoms with Crippen molar-refractivity contribution in [2.24, 2.45) is 5.92 Å². The zero-order chi connectivity index (χ0) is 10.7. The van der Waals surface area contributed by atoms with E-state index < -0.39 is 0 Å². The molecule has 0 spiro atoms. The standard InChI is InChI=1S/C14H21N/c1-11(13-6-4-3-5-7-13)10-15-12(2)14-8-9-14/h3-7,11-12,14-15H,8-10H2,1-2H3. The molecule has 1 fully saturated rings. The molecule has 1 aromatic rings. The fraction of sp³-hybridized carbons (Fsp3) is 0.571. The minimum absolute atomic E-state index is 0.618. The molecular weight excluding hydrogens is 182 g/mol. The van der Waals surface area contributed by atoms with E-state index in [1.807, 2.05) is 0 Å². The van der Waals surface area contributed by atoms with Gasteiger partial charge < -0.3 is 5.32 Å². The molecule has 0 saturated heterocycles. The molecule has 2 rings (SSSR count). The highest BCUT2D eigenvalue weighted by molar-refractivity contribution is 5.19. The van der Waals surface area contributed by atoms with E-state index in [4.69, 9.17) is 0 Å². The second kappa shape index (κ2) is 4.80. The van der Waals surface area contributed by atoms with Crippen LogP contribution in [0.25, 0.3) is 0 Å². The van der Waals surface area contributed by atoms with Crippen LogP contribution in [0.3, 0.4) is 0 Å². The average Bonchev–Trinajstić information content (AvgIpc) is 3.10. The highest BCUT2D eigenvalue weighted by Gasteiger charge is 2.27. The average molecular weight is 203 g/mol. The molecule has 1 saturated carbocycles. The summed E-state index contributed by atoms with van der Waals surface area (Å²) in [5, 5.41) is 3.64. The highest BCUT2D eigenvalue weighted by Crippen LogP contribution is 2.32. The van der Waals surface area contributed by atoms with Crippen molar-refractivity contribution in [1.29, 1.82) is 0 Å². The lowest BCUT2D eigenvalue weighted by molar-refractivity contribution is 0.477. The number of hydrogen-bond acceptors (Lipinski definition) is 1. The topological polar surface area (TPSA) is 12.0 Å². The molecule has 1 heteroatoms. The van der Waals surface area contributed by atoms with Gasteiger partial charge in [-0.25, -0.2) is 0 Å². The Balaban J connectivity index is 1.79. The van der Waals surface area contributed by atoms with Crippen LogP contribution in [0.2, 0.25) is 0 Å². The van der Waals surface area contributed by atoms with Gasteiger partial charge in [0.1, 0.15) is 0 Å². The second-order valence-electron chi connectivity index (χ2n) is 4.85. The van der Waals surface area contributed by atoms with Crippen LogP contribution in [0.1, 0.15) is 38.2 Å². The SMILES string of the molecule is CC(CNC(C)C1CC1)c1ccccc1. The zero-order valence-corrected chi connectivity index (χ0v) is 9.74. The van der Waals surface area contributed by atoms with Crippen molar-refractivity contribution in [2.75, 3.05) is 6.54 Å². The fourth-order valence-corrected chi connectivity index (χ4v) is 2.02. The van der Waals surface area contributed by atoms with Gasteiger partial charge in [0.25, 0.3) is 0 Å². The molecule has 15 heavy (non-hydrogen) atoms. The van der Waals surface area contributed by atoms with Crippen molar-refractivity contribution < 1.29 is 0 Å². The molecule has 0 heterocycles. The van der Waals surface area contributed by atoms with Gasteiger partial charge in [0.15, 0.2) is 0 Å². The van der Waals surface area contributed by atoms with Crippen LogP contribution < -0.4 is 5.32 Å². The van der Waals surface area contributed by atoms with E-state index in [2.05, 4.69) is 49.5 Å². The third-order valence-electron chi connectivity index (χ3n) is 3.44. The van der Waals surface area contributed by atoms with Crippen molar-refractivity contribution in [1.82, 2.24) is 5.32 Å². The molecule has 0 aliphatic heterocycles. The summed E-state index contributed by atoms with van der Waals surface area (Å²) in [4.78, 5) is 0. The molecule has 1 nitrogen and oxygen atoms in total. The van der Waals surface area contributed by atoms with Gasteiger partial charge in [0, 0.05) is 12.6 Å². The first-order valence-electron chi connectivity index (χ1n) is 6.05. The molecule has 1 N–H and O–H groups in total. The largest absolute Gasteiger partial charge is 0.313 e. The number of benzene rings is 1. The predicted molar refractivity (Wildman–Crippen MR) is 65.0 cm³/mol. The van der Waals surface area contributed by atoms with Gasteiger partial charge in [-0.05, 0) is 37.2 Å². The van der Waals surface area contributed by atoms with E-state index in [1.54, 1.807) is 0 Å². The molecule has 0 aromatic heterocycles. The summed E-state index contributed by atoms with van der Waals surface area (Å²) in [5.41, 5.74) is 1.44.